The van der Waals surface area contributed by atoms with Crippen LogP contribution in [0.25, 0.3) is 0 Å². The molecule has 0 bridgehead atoms. The van der Waals surface area contributed by atoms with E-state index in [1.165, 1.54) is 0 Å². The molecule has 1 saturated heterocycles. The smallest absolute Gasteiger partial charge is 0.120 e. The fourth-order valence-electron chi connectivity index (χ4n) is 2.55. The molecule has 1 aliphatic rings. The summed E-state index contributed by atoms with van der Waals surface area (Å²) in [4.78, 5) is 2.38. The molecular formula is C15H24Cl2N2O2. The lowest BCUT2D eigenvalue weighted by molar-refractivity contribution is 0.171. The largest absolute Gasteiger partial charge is 0.508 e. The van der Waals surface area contributed by atoms with Crippen LogP contribution in [0.1, 0.15) is 18.0 Å². The summed E-state index contributed by atoms with van der Waals surface area (Å²) >= 11 is 0. The molecule has 1 aromatic carbocycles. The topological polar surface area (TPSA) is 44.7 Å². The Hall–Kier alpha value is -0.940. The summed E-state index contributed by atoms with van der Waals surface area (Å²) in [6.07, 6.45) is 2.73. The zero-order valence-electron chi connectivity index (χ0n) is 12.2. The van der Waals surface area contributed by atoms with Gasteiger partial charge in [-0.15, -0.1) is 31.4 Å². The summed E-state index contributed by atoms with van der Waals surface area (Å²) < 4.78 is 5.26. The molecular weight excluding hydrogens is 311 g/mol. The van der Waals surface area contributed by atoms with Crippen molar-refractivity contribution in [1.29, 1.82) is 0 Å². The maximum absolute atomic E-state index is 10.1. The van der Waals surface area contributed by atoms with Crippen LogP contribution < -0.4 is 10.1 Å². The average molecular weight is 335 g/mol. The standard InChI is InChI=1S/C15H22N2O2.2ClH/c1-3-4-14(17-9-7-16-8-10-17)13-11-12(19-2)5-6-15(13)18;;/h3,5-6,11,14,16,18H,1,4,7-10H2,2H3;2*1H/t14-;;/m1../s1. The Kier molecular flexibility index (Phi) is 9.46. The lowest BCUT2D eigenvalue weighted by Crippen LogP contribution is -2.45. The fraction of sp³-hybridized carbons (Fsp3) is 0.467. The predicted octanol–water partition coefficient (Wildman–Crippen LogP) is 2.77. The molecule has 0 saturated carbocycles. The van der Waals surface area contributed by atoms with E-state index < -0.39 is 0 Å². The van der Waals surface area contributed by atoms with Gasteiger partial charge in [0.2, 0.25) is 0 Å². The van der Waals surface area contributed by atoms with E-state index in [9.17, 15) is 5.11 Å². The van der Waals surface area contributed by atoms with Gasteiger partial charge < -0.3 is 15.2 Å². The van der Waals surface area contributed by atoms with E-state index >= 15 is 0 Å². The zero-order valence-corrected chi connectivity index (χ0v) is 13.9. The number of phenols is 1. The molecule has 0 amide bonds. The number of hydrogen-bond donors (Lipinski definition) is 2. The number of hydrogen-bond acceptors (Lipinski definition) is 4. The summed E-state index contributed by atoms with van der Waals surface area (Å²) in [6, 6.07) is 5.56. The second-order valence-electron chi connectivity index (χ2n) is 4.75. The van der Waals surface area contributed by atoms with Gasteiger partial charge in [0.05, 0.1) is 7.11 Å². The third-order valence-corrected chi connectivity index (χ3v) is 3.58. The molecule has 6 heteroatoms. The van der Waals surface area contributed by atoms with Crippen LogP contribution in [0, 0.1) is 0 Å². The van der Waals surface area contributed by atoms with Gasteiger partial charge in [-0.25, -0.2) is 0 Å². The monoisotopic (exact) mass is 334 g/mol. The Morgan fingerprint density at radius 2 is 2.05 bits per heavy atom. The van der Waals surface area contributed by atoms with E-state index in [1.54, 1.807) is 19.2 Å². The molecule has 4 nitrogen and oxygen atoms in total. The predicted molar refractivity (Wildman–Crippen MR) is 91.2 cm³/mol. The van der Waals surface area contributed by atoms with Crippen LogP contribution >= 0.6 is 24.8 Å². The lowest BCUT2D eigenvalue weighted by atomic mass is 9.99. The van der Waals surface area contributed by atoms with Crippen LogP contribution in [0.3, 0.4) is 0 Å². The van der Waals surface area contributed by atoms with E-state index in [0.717, 1.165) is 43.9 Å². The highest BCUT2D eigenvalue weighted by Gasteiger charge is 2.23. The molecule has 0 radical (unpaired) electrons. The Morgan fingerprint density at radius 3 is 2.62 bits per heavy atom. The molecule has 0 aliphatic carbocycles. The van der Waals surface area contributed by atoms with Gasteiger partial charge in [-0.2, -0.15) is 0 Å². The summed E-state index contributed by atoms with van der Waals surface area (Å²) in [5.74, 6) is 1.10. The van der Waals surface area contributed by atoms with Crippen molar-refractivity contribution in [3.63, 3.8) is 0 Å². The second kappa shape index (κ2) is 9.90. The van der Waals surface area contributed by atoms with Crippen molar-refractivity contribution in [1.82, 2.24) is 10.2 Å². The molecule has 2 rings (SSSR count). The molecule has 120 valence electrons. The number of halogens is 2. The van der Waals surface area contributed by atoms with Crippen LogP contribution in [0.5, 0.6) is 11.5 Å². The van der Waals surface area contributed by atoms with E-state index in [2.05, 4.69) is 16.8 Å². The van der Waals surface area contributed by atoms with Crippen molar-refractivity contribution in [2.45, 2.75) is 12.5 Å². The Labute approximate surface area is 139 Å². The third-order valence-electron chi connectivity index (χ3n) is 3.58. The van der Waals surface area contributed by atoms with Crippen LogP contribution in [0.15, 0.2) is 30.9 Å². The Morgan fingerprint density at radius 1 is 1.38 bits per heavy atom. The third kappa shape index (κ3) is 5.08. The summed E-state index contributed by atoms with van der Waals surface area (Å²) in [6.45, 7) is 7.77. The van der Waals surface area contributed by atoms with E-state index in [4.69, 9.17) is 4.74 Å². The number of ether oxygens (including phenoxy) is 1. The number of phenolic OH excluding ortho intramolecular Hbond substituents is 1. The van der Waals surface area contributed by atoms with Gasteiger partial charge in [-0.05, 0) is 24.6 Å². The van der Waals surface area contributed by atoms with Gasteiger partial charge in [0.15, 0.2) is 0 Å². The maximum atomic E-state index is 10.1. The number of nitrogens with one attached hydrogen (secondary N) is 1. The zero-order chi connectivity index (χ0) is 13.7. The highest BCUT2D eigenvalue weighted by Crippen LogP contribution is 2.34. The average Bonchev–Trinajstić information content (AvgIpc) is 2.47. The van der Waals surface area contributed by atoms with Crippen molar-refractivity contribution >= 4 is 24.8 Å². The molecule has 2 N–H and O–H groups in total. The molecule has 1 heterocycles. The first-order valence-corrected chi connectivity index (χ1v) is 6.69. The van der Waals surface area contributed by atoms with Crippen molar-refractivity contribution in [2.75, 3.05) is 33.3 Å². The highest BCUT2D eigenvalue weighted by atomic mass is 35.5. The molecule has 1 aromatic rings. The number of piperazine rings is 1. The van der Waals surface area contributed by atoms with E-state index in [0.29, 0.717) is 5.75 Å². The summed E-state index contributed by atoms with van der Waals surface area (Å²) in [7, 11) is 1.64. The molecule has 1 atom stereocenters. The van der Waals surface area contributed by atoms with Crippen LogP contribution in [-0.4, -0.2) is 43.3 Å². The van der Waals surface area contributed by atoms with Crippen LogP contribution in [-0.2, 0) is 0 Å². The Bertz CT molecular complexity index is 438. The van der Waals surface area contributed by atoms with E-state index in [1.807, 2.05) is 12.1 Å². The number of rotatable bonds is 5. The molecule has 0 spiro atoms. The number of benzene rings is 1. The fourth-order valence-corrected chi connectivity index (χ4v) is 2.55. The van der Waals surface area contributed by atoms with Crippen LogP contribution in [0.2, 0.25) is 0 Å². The number of methoxy groups -OCH3 is 1. The van der Waals surface area contributed by atoms with Gasteiger partial charge >= 0.3 is 0 Å². The number of aromatic hydroxyl groups is 1. The summed E-state index contributed by atoms with van der Waals surface area (Å²) in [5.41, 5.74) is 0.918. The minimum Gasteiger partial charge on any atom is -0.508 e. The first-order chi connectivity index (χ1) is 9.26. The molecule has 1 fully saturated rings. The van der Waals surface area contributed by atoms with Crippen molar-refractivity contribution in [3.05, 3.63) is 36.4 Å². The van der Waals surface area contributed by atoms with Crippen LogP contribution in [0.4, 0.5) is 0 Å². The normalized spacial score (nSPS) is 16.2. The lowest BCUT2D eigenvalue weighted by Gasteiger charge is -2.35. The van der Waals surface area contributed by atoms with Gasteiger partial charge in [0.1, 0.15) is 11.5 Å². The van der Waals surface area contributed by atoms with Crippen molar-refractivity contribution < 1.29 is 9.84 Å². The molecule has 0 unspecified atom stereocenters. The summed E-state index contributed by atoms with van der Waals surface area (Å²) in [5, 5.41) is 13.5. The maximum Gasteiger partial charge on any atom is 0.120 e. The minimum atomic E-state index is 0. The Balaban J connectivity index is 0.00000200. The van der Waals surface area contributed by atoms with Gasteiger partial charge in [0.25, 0.3) is 0 Å². The second-order valence-corrected chi connectivity index (χ2v) is 4.75. The molecule has 1 aliphatic heterocycles. The molecule has 21 heavy (non-hydrogen) atoms. The van der Waals surface area contributed by atoms with Crippen molar-refractivity contribution in [3.8, 4) is 11.5 Å². The van der Waals surface area contributed by atoms with Gasteiger partial charge in [-0.3, -0.25) is 4.90 Å². The first kappa shape index (κ1) is 20.1. The van der Waals surface area contributed by atoms with Crippen molar-refractivity contribution in [2.24, 2.45) is 0 Å². The molecule has 0 aromatic heterocycles. The van der Waals surface area contributed by atoms with Gasteiger partial charge in [-0.1, -0.05) is 6.08 Å². The number of nitrogens with zero attached hydrogens (tertiary/aromatic N) is 1. The van der Waals surface area contributed by atoms with E-state index in [-0.39, 0.29) is 30.9 Å². The highest BCUT2D eigenvalue weighted by molar-refractivity contribution is 5.85. The first-order valence-electron chi connectivity index (χ1n) is 6.69. The SMILES string of the molecule is C=CC[C@H](c1cc(OC)ccc1O)N1CCNCC1.Cl.Cl. The van der Waals surface area contributed by atoms with Gasteiger partial charge in [0, 0.05) is 37.8 Å². The minimum absolute atomic E-state index is 0. The quantitative estimate of drug-likeness (QED) is 0.813.